The molecule has 0 aliphatic heterocycles. The van der Waals surface area contributed by atoms with Crippen molar-refractivity contribution < 1.29 is 12.8 Å². The van der Waals surface area contributed by atoms with E-state index >= 15 is 0 Å². The number of nitrogen functional groups attached to an aromatic ring is 1. The van der Waals surface area contributed by atoms with Crippen LogP contribution in [0.1, 0.15) is 11.5 Å². The van der Waals surface area contributed by atoms with Gasteiger partial charge in [0.1, 0.15) is 5.52 Å². The average molecular weight is 302 g/mol. The van der Waals surface area contributed by atoms with E-state index in [1.807, 2.05) is 24.3 Å². The van der Waals surface area contributed by atoms with Gasteiger partial charge in [-0.3, -0.25) is 0 Å². The van der Waals surface area contributed by atoms with Crippen molar-refractivity contribution in [2.75, 3.05) is 12.0 Å². The second-order valence-electron chi connectivity index (χ2n) is 4.88. The standard InChI is InChI=1S/C15H14N2O3S/c1-21(18,19)11-6-7-14-13(9-11)17-15(20-14)8-10-4-2-3-5-12(10)16/h2-7,9H,8,16H2,1H3. The van der Waals surface area contributed by atoms with E-state index in [9.17, 15) is 8.42 Å². The van der Waals surface area contributed by atoms with Crippen LogP contribution in [0.5, 0.6) is 0 Å². The first-order valence-electron chi connectivity index (χ1n) is 6.36. The third-order valence-electron chi connectivity index (χ3n) is 3.23. The van der Waals surface area contributed by atoms with Gasteiger partial charge in [0.05, 0.1) is 11.3 Å². The molecule has 0 spiro atoms. The number of oxazole rings is 1. The average Bonchev–Trinajstić information content (AvgIpc) is 2.81. The highest BCUT2D eigenvalue weighted by Crippen LogP contribution is 2.22. The molecule has 108 valence electrons. The van der Waals surface area contributed by atoms with Gasteiger partial charge in [0.25, 0.3) is 0 Å². The zero-order valence-electron chi connectivity index (χ0n) is 11.4. The maximum Gasteiger partial charge on any atom is 0.199 e. The number of sulfone groups is 1. The number of nitrogens with two attached hydrogens (primary N) is 1. The quantitative estimate of drug-likeness (QED) is 0.751. The summed E-state index contributed by atoms with van der Waals surface area (Å²) in [4.78, 5) is 4.57. The highest BCUT2D eigenvalue weighted by molar-refractivity contribution is 7.90. The predicted molar refractivity (Wildman–Crippen MR) is 80.8 cm³/mol. The Morgan fingerprint density at radius 2 is 1.95 bits per heavy atom. The number of para-hydroxylation sites is 1. The smallest absolute Gasteiger partial charge is 0.199 e. The molecule has 2 N–H and O–H groups in total. The number of benzene rings is 2. The molecule has 0 amide bonds. The van der Waals surface area contributed by atoms with Crippen LogP contribution in [0.2, 0.25) is 0 Å². The lowest BCUT2D eigenvalue weighted by atomic mass is 10.1. The second kappa shape index (κ2) is 4.89. The van der Waals surface area contributed by atoms with E-state index < -0.39 is 9.84 Å². The highest BCUT2D eigenvalue weighted by Gasteiger charge is 2.12. The van der Waals surface area contributed by atoms with Gasteiger partial charge in [-0.2, -0.15) is 0 Å². The number of aromatic nitrogens is 1. The molecule has 0 aliphatic rings. The molecule has 2 aromatic carbocycles. The topological polar surface area (TPSA) is 86.2 Å². The first-order valence-corrected chi connectivity index (χ1v) is 8.25. The molecule has 0 atom stereocenters. The van der Waals surface area contributed by atoms with Crippen LogP contribution in [0.15, 0.2) is 51.8 Å². The van der Waals surface area contributed by atoms with Crippen molar-refractivity contribution in [1.29, 1.82) is 0 Å². The lowest BCUT2D eigenvalue weighted by molar-refractivity contribution is 0.544. The Morgan fingerprint density at radius 3 is 2.67 bits per heavy atom. The van der Waals surface area contributed by atoms with Crippen molar-refractivity contribution in [3.8, 4) is 0 Å². The number of rotatable bonds is 3. The van der Waals surface area contributed by atoms with Crippen molar-refractivity contribution in [3.63, 3.8) is 0 Å². The molecule has 6 heteroatoms. The Labute approximate surface area is 122 Å². The van der Waals surface area contributed by atoms with Crippen LogP contribution >= 0.6 is 0 Å². The number of hydrogen-bond acceptors (Lipinski definition) is 5. The molecular weight excluding hydrogens is 288 g/mol. The fourth-order valence-electron chi connectivity index (χ4n) is 2.12. The summed E-state index contributed by atoms with van der Waals surface area (Å²) in [7, 11) is -3.25. The van der Waals surface area contributed by atoms with Gasteiger partial charge in [-0.15, -0.1) is 0 Å². The number of fused-ring (bicyclic) bond motifs is 1. The third kappa shape index (κ3) is 2.75. The first kappa shape index (κ1) is 13.6. The van der Waals surface area contributed by atoms with E-state index in [-0.39, 0.29) is 4.90 Å². The first-order chi connectivity index (χ1) is 9.93. The van der Waals surface area contributed by atoms with Gasteiger partial charge in [-0.05, 0) is 29.8 Å². The molecule has 0 unspecified atom stereocenters. The summed E-state index contributed by atoms with van der Waals surface area (Å²) in [5, 5.41) is 0. The monoisotopic (exact) mass is 302 g/mol. The van der Waals surface area contributed by atoms with Crippen LogP contribution in [-0.4, -0.2) is 19.7 Å². The lowest BCUT2D eigenvalue weighted by Gasteiger charge is -2.01. The van der Waals surface area contributed by atoms with Gasteiger partial charge in [0, 0.05) is 11.9 Å². The van der Waals surface area contributed by atoms with Crippen molar-refractivity contribution in [2.45, 2.75) is 11.3 Å². The van der Waals surface area contributed by atoms with Crippen molar-refractivity contribution in [3.05, 3.63) is 53.9 Å². The Hall–Kier alpha value is -2.34. The molecule has 0 aliphatic carbocycles. The minimum atomic E-state index is -3.25. The maximum atomic E-state index is 11.5. The Morgan fingerprint density at radius 1 is 1.19 bits per heavy atom. The minimum absolute atomic E-state index is 0.231. The molecule has 0 radical (unpaired) electrons. The van der Waals surface area contributed by atoms with Crippen LogP contribution in [0, 0.1) is 0 Å². The molecule has 0 fully saturated rings. The van der Waals surface area contributed by atoms with Gasteiger partial charge in [-0.25, -0.2) is 13.4 Å². The van der Waals surface area contributed by atoms with E-state index in [0.717, 1.165) is 5.56 Å². The summed E-state index contributed by atoms with van der Waals surface area (Å²) < 4.78 is 28.7. The predicted octanol–water partition coefficient (Wildman–Crippen LogP) is 2.40. The molecule has 1 heterocycles. The number of hydrogen-bond donors (Lipinski definition) is 1. The van der Waals surface area contributed by atoms with E-state index in [1.165, 1.54) is 18.4 Å². The maximum absolute atomic E-state index is 11.5. The SMILES string of the molecule is CS(=O)(=O)c1ccc2oc(Cc3ccccc3N)nc2c1. The van der Waals surface area contributed by atoms with Crippen molar-refractivity contribution in [2.24, 2.45) is 0 Å². The summed E-state index contributed by atoms with van der Waals surface area (Å²) in [5.74, 6) is 0.508. The van der Waals surface area contributed by atoms with Crippen LogP contribution in [-0.2, 0) is 16.3 Å². The molecule has 3 rings (SSSR count). The van der Waals surface area contributed by atoms with Crippen LogP contribution in [0.4, 0.5) is 5.69 Å². The normalized spacial score (nSPS) is 11.9. The van der Waals surface area contributed by atoms with Crippen LogP contribution < -0.4 is 5.73 Å². The van der Waals surface area contributed by atoms with Crippen molar-refractivity contribution in [1.82, 2.24) is 4.98 Å². The van der Waals surface area contributed by atoms with Crippen LogP contribution in [0.25, 0.3) is 11.1 Å². The van der Waals surface area contributed by atoms with Gasteiger partial charge in [0.15, 0.2) is 21.3 Å². The largest absolute Gasteiger partial charge is 0.440 e. The summed E-state index contributed by atoms with van der Waals surface area (Å²) in [5.41, 5.74) is 8.59. The molecule has 3 aromatic rings. The highest BCUT2D eigenvalue weighted by atomic mass is 32.2. The number of anilines is 1. The van der Waals surface area contributed by atoms with Crippen molar-refractivity contribution >= 4 is 26.6 Å². The molecule has 1 aromatic heterocycles. The van der Waals surface area contributed by atoms with E-state index in [1.54, 1.807) is 6.07 Å². The van der Waals surface area contributed by atoms with Gasteiger partial charge >= 0.3 is 0 Å². The van der Waals surface area contributed by atoms with E-state index in [2.05, 4.69) is 4.98 Å². The fourth-order valence-corrected chi connectivity index (χ4v) is 2.76. The van der Waals surface area contributed by atoms with Gasteiger partial charge < -0.3 is 10.2 Å². The summed E-state index contributed by atoms with van der Waals surface area (Å²) >= 11 is 0. The molecular formula is C15H14N2O3S. The lowest BCUT2D eigenvalue weighted by Crippen LogP contribution is -1.96. The second-order valence-corrected chi connectivity index (χ2v) is 6.90. The summed E-state index contributed by atoms with van der Waals surface area (Å²) in [6.07, 6.45) is 1.63. The van der Waals surface area contributed by atoms with E-state index in [0.29, 0.717) is 29.1 Å². The fraction of sp³-hybridized carbons (Fsp3) is 0.133. The van der Waals surface area contributed by atoms with Gasteiger partial charge in [0.2, 0.25) is 0 Å². The Balaban J connectivity index is 2.00. The zero-order chi connectivity index (χ0) is 15.0. The summed E-state index contributed by atoms with van der Waals surface area (Å²) in [6, 6.07) is 12.2. The molecule has 21 heavy (non-hydrogen) atoms. The Kier molecular flexibility index (Phi) is 3.17. The van der Waals surface area contributed by atoms with Crippen LogP contribution in [0.3, 0.4) is 0 Å². The van der Waals surface area contributed by atoms with E-state index in [4.69, 9.17) is 10.2 Å². The minimum Gasteiger partial charge on any atom is -0.440 e. The number of nitrogens with zero attached hydrogens (tertiary/aromatic N) is 1. The molecule has 0 saturated carbocycles. The third-order valence-corrected chi connectivity index (χ3v) is 4.34. The molecule has 5 nitrogen and oxygen atoms in total. The Bertz CT molecular complexity index is 914. The molecule has 0 bridgehead atoms. The van der Waals surface area contributed by atoms with Gasteiger partial charge in [-0.1, -0.05) is 18.2 Å². The zero-order valence-corrected chi connectivity index (χ0v) is 12.2. The summed E-state index contributed by atoms with van der Waals surface area (Å²) in [6.45, 7) is 0. The molecule has 0 saturated heterocycles.